The highest BCUT2D eigenvalue weighted by Crippen LogP contribution is 2.06. The van der Waals surface area contributed by atoms with Gasteiger partial charge in [0.05, 0.1) is 12.4 Å². The molecule has 1 aromatic rings. The number of aliphatic carboxylic acids is 1. The molecule has 72 valence electrons. The molecule has 14 heavy (non-hydrogen) atoms. The molecule has 1 rings (SSSR count). The molecule has 0 aliphatic carbocycles. The molecule has 6 nitrogen and oxygen atoms in total. The minimum Gasteiger partial charge on any atom is -0.480 e. The van der Waals surface area contributed by atoms with Crippen LogP contribution >= 0.6 is 0 Å². The Morgan fingerprint density at radius 2 is 2.43 bits per heavy atom. The van der Waals surface area contributed by atoms with E-state index in [-0.39, 0.29) is 12.2 Å². The number of hydrogen-bond donors (Lipinski definition) is 1. The van der Waals surface area contributed by atoms with Gasteiger partial charge in [-0.2, -0.15) is 5.26 Å². The van der Waals surface area contributed by atoms with Crippen LogP contribution in [0.2, 0.25) is 0 Å². The first-order valence-electron chi connectivity index (χ1n) is 3.78. The second kappa shape index (κ2) is 4.18. The van der Waals surface area contributed by atoms with E-state index in [1.807, 2.05) is 6.07 Å². The molecule has 0 aromatic carbocycles. The molecule has 0 unspecified atom stereocenters. The summed E-state index contributed by atoms with van der Waals surface area (Å²) in [6.45, 7) is -0.177. The maximum absolute atomic E-state index is 10.4. The second-order valence-electron chi connectivity index (χ2n) is 2.62. The third-order valence-corrected chi connectivity index (χ3v) is 1.50. The van der Waals surface area contributed by atoms with Gasteiger partial charge in [0.15, 0.2) is 5.69 Å². The Kier molecular flexibility index (Phi) is 2.97. The highest BCUT2D eigenvalue weighted by molar-refractivity contribution is 5.72. The van der Waals surface area contributed by atoms with Crippen LogP contribution in [0.15, 0.2) is 12.4 Å². The molecule has 0 bridgehead atoms. The molecule has 1 aromatic heterocycles. The Morgan fingerprint density at radius 3 is 3.00 bits per heavy atom. The van der Waals surface area contributed by atoms with Gasteiger partial charge >= 0.3 is 5.97 Å². The summed E-state index contributed by atoms with van der Waals surface area (Å²) in [7, 11) is 1.57. The van der Waals surface area contributed by atoms with Crippen molar-refractivity contribution in [1.29, 1.82) is 5.26 Å². The molecule has 0 aliphatic heterocycles. The van der Waals surface area contributed by atoms with Crippen LogP contribution in [0.3, 0.4) is 0 Å². The van der Waals surface area contributed by atoms with Crippen molar-refractivity contribution in [2.45, 2.75) is 0 Å². The normalized spacial score (nSPS) is 9.14. The molecule has 0 saturated heterocycles. The zero-order valence-electron chi connectivity index (χ0n) is 7.51. The van der Waals surface area contributed by atoms with E-state index in [2.05, 4.69) is 9.97 Å². The van der Waals surface area contributed by atoms with Crippen LogP contribution < -0.4 is 4.90 Å². The number of anilines is 1. The lowest BCUT2D eigenvalue weighted by molar-refractivity contribution is -0.135. The molecule has 0 aliphatic rings. The third-order valence-electron chi connectivity index (χ3n) is 1.50. The lowest BCUT2D eigenvalue weighted by Gasteiger charge is -2.14. The van der Waals surface area contributed by atoms with Crippen molar-refractivity contribution in [3.8, 4) is 6.07 Å². The van der Waals surface area contributed by atoms with E-state index in [1.165, 1.54) is 17.3 Å². The predicted molar refractivity (Wildman–Crippen MR) is 47.7 cm³/mol. The summed E-state index contributed by atoms with van der Waals surface area (Å²) in [5, 5.41) is 17.1. The Morgan fingerprint density at radius 1 is 1.71 bits per heavy atom. The summed E-state index contributed by atoms with van der Waals surface area (Å²) >= 11 is 0. The topological polar surface area (TPSA) is 90.1 Å². The van der Waals surface area contributed by atoms with Crippen molar-refractivity contribution in [3.05, 3.63) is 18.1 Å². The first-order chi connectivity index (χ1) is 6.63. The largest absolute Gasteiger partial charge is 0.480 e. The van der Waals surface area contributed by atoms with E-state index in [0.717, 1.165) is 0 Å². The number of rotatable bonds is 3. The van der Waals surface area contributed by atoms with Crippen molar-refractivity contribution >= 4 is 11.8 Å². The van der Waals surface area contributed by atoms with E-state index in [0.29, 0.717) is 5.82 Å². The Balaban J connectivity index is 2.85. The number of carboxylic acid groups (broad SMARTS) is 1. The zero-order chi connectivity index (χ0) is 10.6. The standard InChI is InChI=1S/C8H8N4O2/c1-12(5-8(13)14)7-4-10-3-6(2-9)11-7/h3-4H,5H2,1H3,(H,13,14). The summed E-state index contributed by atoms with van der Waals surface area (Å²) in [4.78, 5) is 19.4. The van der Waals surface area contributed by atoms with Crippen LogP contribution in [0.4, 0.5) is 5.82 Å². The van der Waals surface area contributed by atoms with Gasteiger partial charge in [-0.25, -0.2) is 4.98 Å². The number of carboxylic acids is 1. The van der Waals surface area contributed by atoms with Crippen LogP contribution in [0, 0.1) is 11.3 Å². The van der Waals surface area contributed by atoms with Crippen LogP contribution in [0.5, 0.6) is 0 Å². The van der Waals surface area contributed by atoms with Crippen molar-refractivity contribution < 1.29 is 9.90 Å². The van der Waals surface area contributed by atoms with Gasteiger partial charge in [0, 0.05) is 7.05 Å². The molecule has 0 atom stereocenters. The van der Waals surface area contributed by atoms with Gasteiger partial charge in [0.2, 0.25) is 0 Å². The van der Waals surface area contributed by atoms with Crippen molar-refractivity contribution in [3.63, 3.8) is 0 Å². The summed E-state index contributed by atoms with van der Waals surface area (Å²) in [5.74, 6) is -0.594. The highest BCUT2D eigenvalue weighted by atomic mass is 16.4. The molecule has 0 saturated carbocycles. The quantitative estimate of drug-likeness (QED) is 0.717. The molecule has 0 fully saturated rings. The lowest BCUT2D eigenvalue weighted by Crippen LogP contribution is -2.26. The fourth-order valence-electron chi connectivity index (χ4n) is 0.877. The predicted octanol–water partition coefficient (Wildman–Crippen LogP) is -0.131. The number of hydrogen-bond acceptors (Lipinski definition) is 5. The molecule has 0 amide bonds. The summed E-state index contributed by atoms with van der Waals surface area (Å²) in [5.41, 5.74) is 0.166. The van der Waals surface area contributed by atoms with Gasteiger partial charge in [-0.1, -0.05) is 0 Å². The second-order valence-corrected chi connectivity index (χ2v) is 2.62. The van der Waals surface area contributed by atoms with Gasteiger partial charge < -0.3 is 10.0 Å². The first kappa shape index (κ1) is 9.92. The number of aromatic nitrogens is 2. The number of carbonyl (C=O) groups is 1. The van der Waals surface area contributed by atoms with Gasteiger partial charge in [0.1, 0.15) is 18.4 Å². The molecule has 0 radical (unpaired) electrons. The molecule has 1 heterocycles. The number of nitriles is 1. The molecule has 0 spiro atoms. The Bertz CT molecular complexity index is 385. The van der Waals surface area contributed by atoms with Crippen LogP contribution in [-0.2, 0) is 4.79 Å². The Labute approximate surface area is 80.4 Å². The average Bonchev–Trinajstić information content (AvgIpc) is 2.17. The first-order valence-corrected chi connectivity index (χ1v) is 3.78. The van der Waals surface area contributed by atoms with Gasteiger partial charge in [-0.05, 0) is 0 Å². The fourth-order valence-corrected chi connectivity index (χ4v) is 0.877. The van der Waals surface area contributed by atoms with Gasteiger partial charge in [-0.3, -0.25) is 9.78 Å². The van der Waals surface area contributed by atoms with Gasteiger partial charge in [0.25, 0.3) is 0 Å². The van der Waals surface area contributed by atoms with Crippen molar-refractivity contribution in [2.75, 3.05) is 18.5 Å². The van der Waals surface area contributed by atoms with Crippen molar-refractivity contribution in [2.24, 2.45) is 0 Å². The maximum Gasteiger partial charge on any atom is 0.323 e. The molecule has 6 heteroatoms. The van der Waals surface area contributed by atoms with Gasteiger partial charge in [-0.15, -0.1) is 0 Å². The zero-order valence-corrected chi connectivity index (χ0v) is 7.51. The maximum atomic E-state index is 10.4. The smallest absolute Gasteiger partial charge is 0.323 e. The minimum absolute atomic E-state index is 0.166. The monoisotopic (exact) mass is 192 g/mol. The lowest BCUT2D eigenvalue weighted by atomic mass is 10.4. The van der Waals surface area contributed by atoms with E-state index >= 15 is 0 Å². The Hall–Kier alpha value is -2.16. The molecular weight excluding hydrogens is 184 g/mol. The summed E-state index contributed by atoms with van der Waals surface area (Å²) in [6, 6.07) is 1.83. The summed E-state index contributed by atoms with van der Waals surface area (Å²) in [6.07, 6.45) is 2.72. The fraction of sp³-hybridized carbons (Fsp3) is 0.250. The van der Waals surface area contributed by atoms with Crippen molar-refractivity contribution in [1.82, 2.24) is 9.97 Å². The molecule has 1 N–H and O–H groups in total. The van der Waals surface area contributed by atoms with E-state index in [9.17, 15) is 4.79 Å². The highest BCUT2D eigenvalue weighted by Gasteiger charge is 2.07. The SMILES string of the molecule is CN(CC(=O)O)c1cncc(C#N)n1. The number of likely N-dealkylation sites (N-methyl/N-ethyl adjacent to an activating group) is 1. The van der Waals surface area contributed by atoms with Crippen LogP contribution in [0.25, 0.3) is 0 Å². The van der Waals surface area contributed by atoms with E-state index in [1.54, 1.807) is 7.05 Å². The van der Waals surface area contributed by atoms with Crippen LogP contribution in [-0.4, -0.2) is 34.6 Å². The average molecular weight is 192 g/mol. The van der Waals surface area contributed by atoms with Crippen LogP contribution in [0.1, 0.15) is 5.69 Å². The van der Waals surface area contributed by atoms with E-state index < -0.39 is 5.97 Å². The minimum atomic E-state index is -0.961. The van der Waals surface area contributed by atoms with E-state index in [4.69, 9.17) is 10.4 Å². The third kappa shape index (κ3) is 2.42. The number of nitrogens with zero attached hydrogens (tertiary/aromatic N) is 4. The summed E-state index contributed by atoms with van der Waals surface area (Å²) < 4.78 is 0. The molecular formula is C8H8N4O2.